The van der Waals surface area contributed by atoms with Gasteiger partial charge in [0.1, 0.15) is 11.3 Å². The topological polar surface area (TPSA) is 92.7 Å². The molecule has 7 heteroatoms. The molecule has 0 bridgehead atoms. The molecule has 0 saturated carbocycles. The van der Waals surface area contributed by atoms with Crippen LogP contribution in [0.4, 0.5) is 0 Å². The number of carbonyl (C=O) groups is 1. The highest BCUT2D eigenvalue weighted by atomic mass is 32.2. The molecule has 0 aliphatic heterocycles. The summed E-state index contributed by atoms with van der Waals surface area (Å²) in [6.07, 6.45) is 0.606. The first-order valence-electron chi connectivity index (χ1n) is 6.67. The molecule has 0 aliphatic rings. The summed E-state index contributed by atoms with van der Waals surface area (Å²) in [4.78, 5) is 11.1. The molecule has 1 aromatic rings. The van der Waals surface area contributed by atoms with Gasteiger partial charge in [-0.15, -0.1) is 0 Å². The van der Waals surface area contributed by atoms with Crippen molar-refractivity contribution in [3.8, 4) is 5.75 Å². The molecule has 1 rings (SSSR count). The number of aromatic carboxylic acids is 1. The first-order valence-corrected chi connectivity index (χ1v) is 8.15. The molecule has 0 fully saturated rings. The van der Waals surface area contributed by atoms with Gasteiger partial charge in [-0.2, -0.15) is 0 Å². The molecule has 0 aliphatic carbocycles. The third kappa shape index (κ3) is 4.44. The van der Waals surface area contributed by atoms with Gasteiger partial charge in [-0.25, -0.2) is 17.9 Å². The molecule has 0 radical (unpaired) electrons. The number of rotatable bonds is 7. The summed E-state index contributed by atoms with van der Waals surface area (Å²) in [5.41, 5.74) is -0.783. The summed E-state index contributed by atoms with van der Waals surface area (Å²) >= 11 is 0. The van der Waals surface area contributed by atoms with Gasteiger partial charge in [-0.3, -0.25) is 0 Å². The highest BCUT2D eigenvalue weighted by Crippen LogP contribution is 2.24. The number of nitrogens with one attached hydrogen (secondary N) is 1. The highest BCUT2D eigenvalue weighted by molar-refractivity contribution is 7.89. The molecule has 0 saturated heterocycles. The lowest BCUT2D eigenvalue weighted by molar-refractivity contribution is 0.0692. The third-order valence-corrected chi connectivity index (χ3v) is 4.78. The molecular formula is C14H21NO5S. The number of sulfonamides is 1. The van der Waals surface area contributed by atoms with E-state index >= 15 is 0 Å². The SMILES string of the molecule is CCOc1ccc(S(=O)(=O)NC(C)(C)CC)cc1C(=O)O. The zero-order chi connectivity index (χ0) is 16.3. The summed E-state index contributed by atoms with van der Waals surface area (Å²) in [6.45, 7) is 7.41. The Kier molecular flexibility index (Phi) is 5.36. The van der Waals surface area contributed by atoms with Crippen molar-refractivity contribution in [2.75, 3.05) is 6.61 Å². The largest absolute Gasteiger partial charge is 0.493 e. The Bertz CT molecular complexity index is 622. The zero-order valence-corrected chi connectivity index (χ0v) is 13.5. The maximum Gasteiger partial charge on any atom is 0.339 e. The monoisotopic (exact) mass is 315 g/mol. The van der Waals surface area contributed by atoms with E-state index in [4.69, 9.17) is 9.84 Å². The van der Waals surface area contributed by atoms with Crippen molar-refractivity contribution in [3.05, 3.63) is 23.8 Å². The van der Waals surface area contributed by atoms with Gasteiger partial charge in [0.2, 0.25) is 10.0 Å². The molecule has 0 heterocycles. The summed E-state index contributed by atoms with van der Waals surface area (Å²) in [5, 5.41) is 9.17. The smallest absolute Gasteiger partial charge is 0.339 e. The minimum absolute atomic E-state index is 0.0927. The number of benzene rings is 1. The van der Waals surface area contributed by atoms with Gasteiger partial charge in [-0.1, -0.05) is 6.92 Å². The number of carboxylic acid groups (broad SMARTS) is 1. The number of carboxylic acids is 1. The van der Waals surface area contributed by atoms with Crippen molar-refractivity contribution in [1.82, 2.24) is 4.72 Å². The maximum absolute atomic E-state index is 12.3. The second kappa shape index (κ2) is 6.44. The quantitative estimate of drug-likeness (QED) is 0.805. The Hall–Kier alpha value is -1.60. The van der Waals surface area contributed by atoms with Crippen molar-refractivity contribution >= 4 is 16.0 Å². The second-order valence-corrected chi connectivity index (χ2v) is 6.92. The summed E-state index contributed by atoms with van der Waals surface area (Å²) in [5.74, 6) is -1.08. The molecule has 118 valence electrons. The summed E-state index contributed by atoms with van der Waals surface area (Å²) < 4.78 is 32.4. The van der Waals surface area contributed by atoms with Crippen molar-refractivity contribution in [1.29, 1.82) is 0 Å². The van der Waals surface area contributed by atoms with Crippen molar-refractivity contribution in [2.24, 2.45) is 0 Å². The molecule has 0 unspecified atom stereocenters. The van der Waals surface area contributed by atoms with Crippen LogP contribution in [0.5, 0.6) is 5.75 Å². The highest BCUT2D eigenvalue weighted by Gasteiger charge is 2.26. The Labute approximate surface area is 125 Å². The van der Waals surface area contributed by atoms with Gasteiger partial charge in [0.05, 0.1) is 11.5 Å². The van der Waals surface area contributed by atoms with Crippen LogP contribution >= 0.6 is 0 Å². The Morgan fingerprint density at radius 1 is 1.33 bits per heavy atom. The van der Waals surface area contributed by atoms with E-state index in [1.807, 2.05) is 6.92 Å². The molecule has 1 aromatic carbocycles. The number of hydrogen-bond acceptors (Lipinski definition) is 4. The predicted molar refractivity (Wildman–Crippen MR) is 79.3 cm³/mol. The number of hydrogen-bond donors (Lipinski definition) is 2. The van der Waals surface area contributed by atoms with Gasteiger partial charge < -0.3 is 9.84 Å². The van der Waals surface area contributed by atoms with E-state index in [1.165, 1.54) is 12.1 Å². The van der Waals surface area contributed by atoms with Crippen molar-refractivity contribution < 1.29 is 23.1 Å². The van der Waals surface area contributed by atoms with Crippen LogP contribution in [0, 0.1) is 0 Å². The van der Waals surface area contributed by atoms with E-state index in [-0.39, 0.29) is 16.2 Å². The fourth-order valence-electron chi connectivity index (χ4n) is 1.62. The van der Waals surface area contributed by atoms with Gasteiger partial charge >= 0.3 is 5.97 Å². The van der Waals surface area contributed by atoms with E-state index in [2.05, 4.69) is 4.72 Å². The fraction of sp³-hybridized carbons (Fsp3) is 0.500. The Morgan fingerprint density at radius 3 is 2.43 bits per heavy atom. The predicted octanol–water partition coefficient (Wildman–Crippen LogP) is 2.25. The first-order chi connectivity index (χ1) is 9.63. The minimum atomic E-state index is -3.79. The molecule has 2 N–H and O–H groups in total. The van der Waals surface area contributed by atoms with Crippen LogP contribution in [0.25, 0.3) is 0 Å². The molecule has 6 nitrogen and oxygen atoms in total. The van der Waals surface area contributed by atoms with Crippen LogP contribution in [0.1, 0.15) is 44.5 Å². The van der Waals surface area contributed by atoms with Gasteiger partial charge in [0.25, 0.3) is 0 Å². The lowest BCUT2D eigenvalue weighted by Gasteiger charge is -2.24. The second-order valence-electron chi connectivity index (χ2n) is 5.24. The maximum atomic E-state index is 12.3. The van der Waals surface area contributed by atoms with Crippen LogP contribution in [0.15, 0.2) is 23.1 Å². The molecule has 0 atom stereocenters. The van der Waals surface area contributed by atoms with Gasteiger partial charge in [-0.05, 0) is 45.4 Å². The third-order valence-electron chi connectivity index (χ3n) is 3.09. The van der Waals surface area contributed by atoms with E-state index in [9.17, 15) is 13.2 Å². The summed E-state index contributed by atoms with van der Waals surface area (Å²) in [6, 6.07) is 3.81. The van der Waals surface area contributed by atoms with Crippen LogP contribution in [0.2, 0.25) is 0 Å². The molecular weight excluding hydrogens is 294 g/mol. The fourth-order valence-corrected chi connectivity index (χ4v) is 3.13. The lowest BCUT2D eigenvalue weighted by Crippen LogP contribution is -2.42. The number of ether oxygens (including phenoxy) is 1. The van der Waals surface area contributed by atoms with Crippen LogP contribution < -0.4 is 9.46 Å². The minimum Gasteiger partial charge on any atom is -0.493 e. The van der Waals surface area contributed by atoms with E-state index in [1.54, 1.807) is 20.8 Å². The van der Waals surface area contributed by atoms with Gasteiger partial charge in [0, 0.05) is 5.54 Å². The molecule has 0 amide bonds. The molecule has 0 aromatic heterocycles. The Morgan fingerprint density at radius 2 is 1.95 bits per heavy atom. The van der Waals surface area contributed by atoms with E-state index in [0.717, 1.165) is 6.07 Å². The van der Waals surface area contributed by atoms with Crippen molar-refractivity contribution in [3.63, 3.8) is 0 Å². The normalized spacial score (nSPS) is 12.2. The Balaban J connectivity index is 3.26. The summed E-state index contributed by atoms with van der Waals surface area (Å²) in [7, 11) is -3.79. The standard InChI is InChI=1S/C14H21NO5S/c1-5-14(3,4)15-21(18,19)10-7-8-12(20-6-2)11(9-10)13(16)17/h7-9,15H,5-6H2,1-4H3,(H,16,17). The molecule has 21 heavy (non-hydrogen) atoms. The molecule has 0 spiro atoms. The first kappa shape index (κ1) is 17.5. The van der Waals surface area contributed by atoms with Crippen molar-refractivity contribution in [2.45, 2.75) is 44.6 Å². The van der Waals surface area contributed by atoms with Crippen LogP contribution in [-0.4, -0.2) is 31.6 Å². The van der Waals surface area contributed by atoms with E-state index < -0.39 is 21.5 Å². The van der Waals surface area contributed by atoms with Crippen LogP contribution in [-0.2, 0) is 10.0 Å². The van der Waals surface area contributed by atoms with Crippen LogP contribution in [0.3, 0.4) is 0 Å². The van der Waals surface area contributed by atoms with E-state index in [0.29, 0.717) is 13.0 Å². The zero-order valence-electron chi connectivity index (χ0n) is 12.6. The average Bonchev–Trinajstić information content (AvgIpc) is 2.38. The van der Waals surface area contributed by atoms with Gasteiger partial charge in [0.15, 0.2) is 0 Å². The average molecular weight is 315 g/mol. The lowest BCUT2D eigenvalue weighted by atomic mass is 10.0.